The lowest BCUT2D eigenvalue weighted by Crippen LogP contribution is -2.60. The van der Waals surface area contributed by atoms with Crippen LogP contribution in [0.15, 0.2) is 65.1 Å². The van der Waals surface area contributed by atoms with Gasteiger partial charge < -0.3 is 19.7 Å². The normalized spacial score (nSPS) is 14.1. The van der Waals surface area contributed by atoms with Crippen molar-refractivity contribution in [1.29, 1.82) is 0 Å². The van der Waals surface area contributed by atoms with Crippen molar-refractivity contribution in [3.63, 3.8) is 0 Å². The number of amides is 2. The first-order chi connectivity index (χ1) is 21.3. The third kappa shape index (κ3) is 7.39. The average molecular weight is 632 g/mol. The highest BCUT2D eigenvalue weighted by Gasteiger charge is 2.47. The Hall–Kier alpha value is -3.96. The molecule has 0 aliphatic heterocycles. The van der Waals surface area contributed by atoms with Crippen LogP contribution in [0.4, 0.5) is 5.69 Å². The maximum absolute atomic E-state index is 14.2. The van der Waals surface area contributed by atoms with Gasteiger partial charge >= 0.3 is 0 Å². The Morgan fingerprint density at radius 2 is 1.52 bits per heavy atom. The highest BCUT2D eigenvalue weighted by atomic mass is 32.2. The van der Waals surface area contributed by atoms with E-state index in [0.717, 1.165) is 52.7 Å². The van der Waals surface area contributed by atoms with Gasteiger partial charge in [0.2, 0.25) is 11.8 Å². The second-order valence-electron chi connectivity index (χ2n) is 10.8. The van der Waals surface area contributed by atoms with E-state index in [1.165, 1.54) is 23.1 Å². The summed E-state index contributed by atoms with van der Waals surface area (Å²) >= 11 is 2.78. The van der Waals surface area contributed by atoms with Crippen LogP contribution in [0.5, 0.6) is 11.5 Å². The van der Waals surface area contributed by atoms with Crippen molar-refractivity contribution in [2.24, 2.45) is 0 Å². The van der Waals surface area contributed by atoms with E-state index >= 15 is 0 Å². The smallest absolute Gasteiger partial charge is 0.250 e. The molecule has 2 aromatic carbocycles. The Bertz CT molecular complexity index is 1560. The molecular weight excluding hydrogens is 595 g/mol. The van der Waals surface area contributed by atoms with Gasteiger partial charge in [0, 0.05) is 28.0 Å². The lowest BCUT2D eigenvalue weighted by Gasteiger charge is -2.44. The molecule has 4 aromatic rings. The van der Waals surface area contributed by atoms with E-state index in [1.54, 1.807) is 19.1 Å². The second kappa shape index (κ2) is 14.2. The number of thioether (sulfide) groups is 1. The molecule has 1 saturated carbocycles. The molecule has 1 N–H and O–H groups in total. The van der Waals surface area contributed by atoms with Gasteiger partial charge in [-0.25, -0.2) is 15.0 Å². The minimum absolute atomic E-state index is 0.108. The van der Waals surface area contributed by atoms with Crippen LogP contribution >= 0.6 is 23.1 Å². The van der Waals surface area contributed by atoms with E-state index in [4.69, 9.17) is 14.5 Å². The number of benzene rings is 2. The van der Waals surface area contributed by atoms with Crippen molar-refractivity contribution in [3.8, 4) is 22.8 Å². The molecule has 1 aliphatic carbocycles. The van der Waals surface area contributed by atoms with Crippen molar-refractivity contribution in [3.05, 3.63) is 76.4 Å². The number of ether oxygens (including phenoxy) is 2. The third-order valence-electron chi connectivity index (χ3n) is 7.79. The molecule has 2 aromatic heterocycles. The second-order valence-corrected chi connectivity index (χ2v) is 12.7. The molecule has 0 bridgehead atoms. The zero-order valence-corrected chi connectivity index (χ0v) is 27.1. The summed E-state index contributed by atoms with van der Waals surface area (Å²) in [5.74, 6) is 1.25. The number of methoxy groups -OCH3 is 2. The van der Waals surface area contributed by atoms with E-state index < -0.39 is 5.54 Å². The summed E-state index contributed by atoms with van der Waals surface area (Å²) in [6.07, 6.45) is 3.86. The van der Waals surface area contributed by atoms with E-state index in [2.05, 4.69) is 15.3 Å². The number of thiazole rings is 1. The standard InChI is InChI=1S/C33H37N5O4S2/c1-22-18-23(2)35-32(34-22)44-21-30(39)38(19-29-37-28(20-43-29)24-8-12-26(41-3)13-9-24)33(16-6-5-7-17-33)31(40)36-25-10-14-27(42-4)15-11-25/h8-15,18,20H,5-7,16-17,19,21H2,1-4H3,(H,36,40). The third-order valence-corrected chi connectivity index (χ3v) is 9.45. The Labute approximate surface area is 266 Å². The van der Waals surface area contributed by atoms with Gasteiger partial charge in [0.05, 0.1) is 32.2 Å². The minimum Gasteiger partial charge on any atom is -0.497 e. The SMILES string of the molecule is COc1ccc(NC(=O)C2(N(Cc3nc(-c4ccc(OC)cc4)cs3)C(=O)CSc3nc(C)cc(C)n3)CCCCC2)cc1. The molecule has 2 amide bonds. The molecule has 0 unspecified atom stereocenters. The molecule has 0 atom stereocenters. The zero-order chi connectivity index (χ0) is 31.1. The molecule has 0 saturated heterocycles. The van der Waals surface area contributed by atoms with Crippen LogP contribution in [0, 0.1) is 13.8 Å². The monoisotopic (exact) mass is 631 g/mol. The fraction of sp³-hybridized carbons (Fsp3) is 0.364. The van der Waals surface area contributed by atoms with Crippen LogP contribution in [0.3, 0.4) is 0 Å². The fourth-order valence-electron chi connectivity index (χ4n) is 5.53. The molecule has 1 aliphatic rings. The number of aromatic nitrogens is 3. The topological polar surface area (TPSA) is 107 Å². The van der Waals surface area contributed by atoms with Crippen LogP contribution in [-0.2, 0) is 16.1 Å². The molecular formula is C33H37N5O4S2. The Morgan fingerprint density at radius 1 is 0.909 bits per heavy atom. The number of hydrogen-bond donors (Lipinski definition) is 1. The van der Waals surface area contributed by atoms with Crippen LogP contribution in [0.2, 0.25) is 0 Å². The Kier molecular flexibility index (Phi) is 10.2. The van der Waals surface area contributed by atoms with Crippen LogP contribution in [-0.4, -0.2) is 57.2 Å². The number of nitrogens with one attached hydrogen (secondary N) is 1. The Morgan fingerprint density at radius 3 is 2.14 bits per heavy atom. The lowest BCUT2D eigenvalue weighted by molar-refractivity contribution is -0.146. The van der Waals surface area contributed by atoms with E-state index in [9.17, 15) is 9.59 Å². The summed E-state index contributed by atoms with van der Waals surface area (Å²) in [6, 6.07) is 16.9. The first-order valence-corrected chi connectivity index (χ1v) is 16.5. The van der Waals surface area contributed by atoms with E-state index in [1.807, 2.05) is 73.8 Å². The number of aryl methyl sites for hydroxylation is 2. The lowest BCUT2D eigenvalue weighted by atomic mass is 9.79. The number of rotatable bonds is 11. The number of anilines is 1. The average Bonchev–Trinajstić information content (AvgIpc) is 3.51. The summed E-state index contributed by atoms with van der Waals surface area (Å²) in [7, 11) is 3.24. The molecule has 1 fully saturated rings. The number of nitrogens with zero attached hydrogens (tertiary/aromatic N) is 4. The predicted octanol–water partition coefficient (Wildman–Crippen LogP) is 6.70. The highest BCUT2D eigenvalue weighted by Crippen LogP contribution is 2.38. The zero-order valence-electron chi connectivity index (χ0n) is 25.5. The maximum atomic E-state index is 14.2. The number of carbonyl (C=O) groups is 2. The molecule has 0 spiro atoms. The highest BCUT2D eigenvalue weighted by molar-refractivity contribution is 7.99. The van der Waals surface area contributed by atoms with Crippen molar-refractivity contribution >= 4 is 40.6 Å². The summed E-state index contributed by atoms with van der Waals surface area (Å²) in [6.45, 7) is 4.05. The quantitative estimate of drug-likeness (QED) is 0.144. The maximum Gasteiger partial charge on any atom is 0.250 e. The molecule has 11 heteroatoms. The predicted molar refractivity (Wildman–Crippen MR) is 174 cm³/mol. The minimum atomic E-state index is -1.02. The largest absolute Gasteiger partial charge is 0.497 e. The number of hydrogen-bond acceptors (Lipinski definition) is 9. The first kappa shape index (κ1) is 31.5. The van der Waals surface area contributed by atoms with Gasteiger partial charge in [-0.05, 0) is 81.3 Å². The van der Waals surface area contributed by atoms with E-state index in [0.29, 0.717) is 29.4 Å². The van der Waals surface area contributed by atoms with Gasteiger partial charge in [0.15, 0.2) is 5.16 Å². The van der Waals surface area contributed by atoms with E-state index in [-0.39, 0.29) is 24.1 Å². The van der Waals surface area contributed by atoms with Crippen molar-refractivity contribution in [1.82, 2.24) is 19.9 Å². The Balaban J connectivity index is 1.45. The van der Waals surface area contributed by atoms with Crippen molar-refractivity contribution in [2.45, 2.75) is 63.2 Å². The molecule has 5 rings (SSSR count). The van der Waals surface area contributed by atoms with Gasteiger partial charge in [0.1, 0.15) is 22.0 Å². The van der Waals surface area contributed by atoms with Gasteiger partial charge in [-0.1, -0.05) is 31.0 Å². The molecule has 2 heterocycles. The first-order valence-electron chi connectivity index (χ1n) is 14.6. The summed E-state index contributed by atoms with van der Waals surface area (Å²) in [4.78, 5) is 44.1. The summed E-state index contributed by atoms with van der Waals surface area (Å²) < 4.78 is 10.6. The van der Waals surface area contributed by atoms with Gasteiger partial charge in [0.25, 0.3) is 0 Å². The molecule has 0 radical (unpaired) electrons. The number of carbonyl (C=O) groups excluding carboxylic acids is 2. The van der Waals surface area contributed by atoms with Crippen LogP contribution < -0.4 is 14.8 Å². The molecule has 9 nitrogen and oxygen atoms in total. The van der Waals surface area contributed by atoms with Gasteiger partial charge in [-0.15, -0.1) is 11.3 Å². The van der Waals surface area contributed by atoms with Crippen LogP contribution in [0.1, 0.15) is 48.5 Å². The fourth-order valence-corrected chi connectivity index (χ4v) is 7.15. The van der Waals surface area contributed by atoms with Gasteiger partial charge in [-0.3, -0.25) is 9.59 Å². The molecule has 230 valence electrons. The van der Waals surface area contributed by atoms with Gasteiger partial charge in [-0.2, -0.15) is 0 Å². The molecule has 44 heavy (non-hydrogen) atoms. The summed E-state index contributed by atoms with van der Waals surface area (Å²) in [5, 5.41) is 6.41. The van der Waals surface area contributed by atoms with Crippen molar-refractivity contribution in [2.75, 3.05) is 25.3 Å². The van der Waals surface area contributed by atoms with Crippen LogP contribution in [0.25, 0.3) is 11.3 Å². The summed E-state index contributed by atoms with van der Waals surface area (Å²) in [5.41, 5.74) is 3.10. The van der Waals surface area contributed by atoms with Crippen molar-refractivity contribution < 1.29 is 19.1 Å².